The van der Waals surface area contributed by atoms with E-state index in [1.54, 1.807) is 6.92 Å². The molecule has 0 spiro atoms. The molecule has 1 unspecified atom stereocenters. The van der Waals surface area contributed by atoms with E-state index in [2.05, 4.69) is 18.7 Å². The fourth-order valence-corrected chi connectivity index (χ4v) is 2.90. The molecule has 0 bridgehead atoms. The molecule has 2 aromatic rings. The van der Waals surface area contributed by atoms with Crippen molar-refractivity contribution in [3.8, 4) is 0 Å². The third kappa shape index (κ3) is 2.03. The predicted molar refractivity (Wildman–Crippen MR) is 82.6 cm³/mol. The van der Waals surface area contributed by atoms with Crippen molar-refractivity contribution in [2.75, 3.05) is 4.90 Å². The van der Waals surface area contributed by atoms with Crippen LogP contribution in [0.2, 0.25) is 0 Å². The predicted octanol–water partition coefficient (Wildman–Crippen LogP) is 3.68. The van der Waals surface area contributed by atoms with Crippen LogP contribution in [0.25, 0.3) is 5.57 Å². The summed E-state index contributed by atoms with van der Waals surface area (Å²) in [6.45, 7) is 5.83. The maximum atomic E-state index is 12.0. The second-order valence-corrected chi connectivity index (χ2v) is 5.14. The van der Waals surface area contributed by atoms with E-state index in [0.29, 0.717) is 0 Å². The highest BCUT2D eigenvalue weighted by molar-refractivity contribution is 6.03. The summed E-state index contributed by atoms with van der Waals surface area (Å²) in [7, 11) is 0. The molecule has 1 aliphatic heterocycles. The number of rotatable bonds is 2. The van der Waals surface area contributed by atoms with E-state index in [9.17, 15) is 4.79 Å². The second kappa shape index (κ2) is 4.97. The molecule has 0 radical (unpaired) electrons. The Morgan fingerprint density at radius 1 is 1.10 bits per heavy atom. The minimum Gasteiger partial charge on any atom is -0.304 e. The van der Waals surface area contributed by atoms with Gasteiger partial charge in [0.05, 0.1) is 11.7 Å². The number of carbonyl (C=O) groups excluding carboxylic acids is 1. The van der Waals surface area contributed by atoms with Gasteiger partial charge in [0, 0.05) is 12.5 Å². The molecule has 0 aliphatic carbocycles. The fraction of sp³-hybridized carbons (Fsp3) is 0.167. The molecule has 0 saturated heterocycles. The number of benzene rings is 2. The number of carbonyl (C=O) groups is 1. The largest absolute Gasteiger partial charge is 0.304 e. The van der Waals surface area contributed by atoms with Crippen LogP contribution in [0.4, 0.5) is 5.69 Å². The van der Waals surface area contributed by atoms with Crippen molar-refractivity contribution in [2.24, 2.45) is 0 Å². The molecule has 1 amide bonds. The van der Waals surface area contributed by atoms with Gasteiger partial charge >= 0.3 is 0 Å². The highest BCUT2D eigenvalue weighted by Gasteiger charge is 2.34. The summed E-state index contributed by atoms with van der Waals surface area (Å²) in [4.78, 5) is 13.9. The van der Waals surface area contributed by atoms with E-state index in [1.807, 2.05) is 47.4 Å². The second-order valence-electron chi connectivity index (χ2n) is 5.14. The van der Waals surface area contributed by atoms with Crippen LogP contribution in [0.1, 0.15) is 18.1 Å². The van der Waals surface area contributed by atoms with Crippen LogP contribution < -0.4 is 4.90 Å². The maximum absolute atomic E-state index is 12.0. The van der Waals surface area contributed by atoms with Gasteiger partial charge in [0.15, 0.2) is 0 Å². The first-order chi connectivity index (χ1) is 9.68. The van der Waals surface area contributed by atoms with Crippen molar-refractivity contribution < 1.29 is 4.79 Å². The summed E-state index contributed by atoms with van der Waals surface area (Å²) in [6.07, 6.45) is 0.800. The zero-order valence-electron chi connectivity index (χ0n) is 11.5. The van der Waals surface area contributed by atoms with E-state index in [-0.39, 0.29) is 11.9 Å². The minimum atomic E-state index is 0.0206. The van der Waals surface area contributed by atoms with Crippen LogP contribution in [-0.2, 0) is 11.2 Å². The van der Waals surface area contributed by atoms with Gasteiger partial charge in [0.25, 0.3) is 0 Å². The van der Waals surface area contributed by atoms with Crippen LogP contribution in [0, 0.1) is 0 Å². The lowest BCUT2D eigenvalue weighted by Gasteiger charge is -2.24. The topological polar surface area (TPSA) is 20.3 Å². The molecule has 0 saturated carbocycles. The molecule has 100 valence electrons. The highest BCUT2D eigenvalue weighted by Crippen LogP contribution is 2.40. The van der Waals surface area contributed by atoms with Gasteiger partial charge < -0.3 is 4.90 Å². The van der Waals surface area contributed by atoms with E-state index in [4.69, 9.17) is 0 Å². The van der Waals surface area contributed by atoms with Gasteiger partial charge in [0.2, 0.25) is 5.91 Å². The van der Waals surface area contributed by atoms with Crippen molar-refractivity contribution in [2.45, 2.75) is 19.4 Å². The van der Waals surface area contributed by atoms with E-state index in [0.717, 1.165) is 23.2 Å². The molecule has 2 nitrogen and oxygen atoms in total. The summed E-state index contributed by atoms with van der Waals surface area (Å²) in [5.41, 5.74) is 4.31. The normalized spacial score (nSPS) is 17.1. The number of nitrogens with zero attached hydrogens (tertiary/aromatic N) is 1. The summed E-state index contributed by atoms with van der Waals surface area (Å²) < 4.78 is 0. The smallest absolute Gasteiger partial charge is 0.224 e. The van der Waals surface area contributed by atoms with E-state index >= 15 is 0 Å². The number of fused-ring (bicyclic) bond motifs is 1. The first-order valence-corrected chi connectivity index (χ1v) is 6.80. The van der Waals surface area contributed by atoms with Crippen molar-refractivity contribution in [3.05, 3.63) is 72.3 Å². The zero-order chi connectivity index (χ0) is 14.1. The Bertz CT molecular complexity index is 660. The molecule has 1 heterocycles. The average Bonchev–Trinajstić information content (AvgIpc) is 2.74. The Morgan fingerprint density at radius 3 is 2.45 bits per heavy atom. The lowest BCUT2D eigenvalue weighted by Crippen LogP contribution is -2.36. The molecule has 2 heteroatoms. The molecule has 3 rings (SSSR count). The number of amides is 1. The van der Waals surface area contributed by atoms with Crippen LogP contribution in [0.15, 0.2) is 61.2 Å². The van der Waals surface area contributed by atoms with Gasteiger partial charge in [-0.15, -0.1) is 0 Å². The Balaban J connectivity index is 1.99. The Hall–Kier alpha value is -2.35. The Kier molecular flexibility index (Phi) is 3.15. The van der Waals surface area contributed by atoms with Crippen LogP contribution in [-0.4, -0.2) is 11.9 Å². The third-order valence-corrected chi connectivity index (χ3v) is 3.83. The number of hydrogen-bond donors (Lipinski definition) is 0. The van der Waals surface area contributed by atoms with E-state index in [1.165, 1.54) is 5.56 Å². The summed E-state index contributed by atoms with van der Waals surface area (Å²) >= 11 is 0. The van der Waals surface area contributed by atoms with Gasteiger partial charge in [0.1, 0.15) is 0 Å². The summed E-state index contributed by atoms with van der Waals surface area (Å²) in [5.74, 6) is 0.0667. The van der Waals surface area contributed by atoms with Gasteiger partial charge in [-0.2, -0.15) is 0 Å². The first-order valence-electron chi connectivity index (χ1n) is 6.80. The fourth-order valence-electron chi connectivity index (χ4n) is 2.90. The molecular weight excluding hydrogens is 246 g/mol. The molecule has 0 N–H and O–H groups in total. The van der Waals surface area contributed by atoms with Crippen molar-refractivity contribution in [1.29, 1.82) is 0 Å². The molecule has 0 aromatic heterocycles. The third-order valence-electron chi connectivity index (χ3n) is 3.83. The Morgan fingerprint density at radius 2 is 1.75 bits per heavy atom. The van der Waals surface area contributed by atoms with Crippen molar-refractivity contribution in [3.63, 3.8) is 0 Å². The van der Waals surface area contributed by atoms with Crippen molar-refractivity contribution >= 4 is 17.2 Å². The zero-order valence-corrected chi connectivity index (χ0v) is 11.5. The van der Waals surface area contributed by atoms with Crippen LogP contribution >= 0.6 is 0 Å². The molecule has 1 atom stereocenters. The van der Waals surface area contributed by atoms with Gasteiger partial charge in [-0.1, -0.05) is 55.1 Å². The maximum Gasteiger partial charge on any atom is 0.224 e. The lowest BCUT2D eigenvalue weighted by atomic mass is 9.98. The number of hydrogen-bond acceptors (Lipinski definition) is 1. The molecular formula is C18H17NO. The quantitative estimate of drug-likeness (QED) is 0.809. The number of anilines is 1. The highest BCUT2D eigenvalue weighted by atomic mass is 16.2. The average molecular weight is 263 g/mol. The monoisotopic (exact) mass is 263 g/mol. The van der Waals surface area contributed by atoms with Gasteiger partial charge in [-0.25, -0.2) is 0 Å². The molecule has 2 aromatic carbocycles. The summed E-state index contributed by atoms with van der Waals surface area (Å²) in [5, 5.41) is 0. The van der Waals surface area contributed by atoms with Crippen molar-refractivity contribution in [1.82, 2.24) is 0 Å². The Labute approximate surface area is 119 Å². The van der Waals surface area contributed by atoms with Gasteiger partial charge in [-0.05, 0) is 23.6 Å². The van der Waals surface area contributed by atoms with Gasteiger partial charge in [-0.3, -0.25) is 4.79 Å². The molecule has 20 heavy (non-hydrogen) atoms. The molecule has 0 fully saturated rings. The minimum absolute atomic E-state index is 0.0206. The standard InChI is InChI=1S/C18H17NO/c1-13-16-10-6-7-11-17(16)19(14(2)20)18(13)12-15-8-4-3-5-9-15/h3-11,18H,1,12H2,2H3. The van der Waals surface area contributed by atoms with E-state index < -0.39 is 0 Å². The SMILES string of the molecule is C=C1c2ccccc2N(C(C)=O)C1Cc1ccccc1. The first kappa shape index (κ1) is 12.7. The molecule has 1 aliphatic rings. The van der Waals surface area contributed by atoms with Crippen LogP contribution in [0.5, 0.6) is 0 Å². The lowest BCUT2D eigenvalue weighted by molar-refractivity contribution is -0.116. The summed E-state index contributed by atoms with van der Waals surface area (Å²) in [6, 6.07) is 18.3. The van der Waals surface area contributed by atoms with Crippen LogP contribution in [0.3, 0.4) is 0 Å². The number of para-hydroxylation sites is 1.